The Kier molecular flexibility index (Phi) is 3.97. The summed E-state index contributed by atoms with van der Waals surface area (Å²) in [6.45, 7) is -0.192. The lowest BCUT2D eigenvalue weighted by atomic mass is 10.2. The summed E-state index contributed by atoms with van der Waals surface area (Å²) < 4.78 is 4.04. The van der Waals surface area contributed by atoms with Gasteiger partial charge >= 0.3 is 12.1 Å². The van der Waals surface area contributed by atoms with Gasteiger partial charge in [-0.15, -0.1) is 0 Å². The molecule has 0 rings (SSSR count). The molecule has 0 saturated carbocycles. The topological polar surface area (TPSA) is 110 Å². The first kappa shape index (κ1) is 9.70. The predicted octanol–water partition coefficient (Wildman–Crippen LogP) is -0.517. The van der Waals surface area contributed by atoms with Gasteiger partial charge in [-0.2, -0.15) is 0 Å². The third-order valence-corrected chi connectivity index (χ3v) is 0.972. The van der Waals surface area contributed by atoms with E-state index in [9.17, 15) is 9.59 Å². The minimum atomic E-state index is -1.43. The first-order chi connectivity index (χ1) is 5.04. The van der Waals surface area contributed by atoms with Crippen molar-refractivity contribution in [3.63, 3.8) is 0 Å². The quantitative estimate of drug-likeness (QED) is 0.481. The van der Waals surface area contributed by atoms with Crippen molar-refractivity contribution in [3.8, 4) is 0 Å². The third-order valence-electron chi connectivity index (χ3n) is 0.972. The van der Waals surface area contributed by atoms with Gasteiger partial charge in [0.05, 0.1) is 6.61 Å². The Bertz CT molecular complexity index is 157. The molecule has 0 aliphatic rings. The van der Waals surface area contributed by atoms with Crippen LogP contribution in [0.2, 0.25) is 0 Å². The van der Waals surface area contributed by atoms with Crippen LogP contribution in [-0.4, -0.2) is 35.0 Å². The molecular weight excluding hydrogens is 154 g/mol. The highest BCUT2D eigenvalue weighted by atomic mass is 16.7. The number of nitrogens with two attached hydrogens (primary N) is 1. The van der Waals surface area contributed by atoms with Crippen molar-refractivity contribution in [2.24, 2.45) is 5.73 Å². The standard InChI is InChI=1S/C5H9NO5/c6-3(4(7)8)1-2-11-5(9)10/h3H,1-2,6H2,(H,7,8)(H,9,10)/t3-/m0/s1. The second-order valence-electron chi connectivity index (χ2n) is 1.85. The first-order valence-electron chi connectivity index (χ1n) is 2.88. The van der Waals surface area contributed by atoms with E-state index in [2.05, 4.69) is 4.74 Å². The third kappa shape index (κ3) is 5.16. The number of hydrogen-bond donors (Lipinski definition) is 3. The molecular formula is C5H9NO5. The molecule has 0 amide bonds. The van der Waals surface area contributed by atoms with Gasteiger partial charge in [0.2, 0.25) is 0 Å². The van der Waals surface area contributed by atoms with Crippen molar-refractivity contribution in [2.45, 2.75) is 12.5 Å². The second kappa shape index (κ2) is 4.51. The number of aliphatic carboxylic acids is 1. The Hall–Kier alpha value is -1.30. The summed E-state index contributed by atoms with van der Waals surface area (Å²) in [5, 5.41) is 16.2. The van der Waals surface area contributed by atoms with Gasteiger partial charge < -0.3 is 20.7 Å². The number of ether oxygens (including phenoxy) is 1. The summed E-state index contributed by atoms with van der Waals surface area (Å²) in [6.07, 6.45) is -1.44. The molecule has 0 spiro atoms. The smallest absolute Gasteiger partial charge is 0.480 e. The van der Waals surface area contributed by atoms with Crippen LogP contribution in [0.3, 0.4) is 0 Å². The van der Waals surface area contributed by atoms with Gasteiger partial charge in [-0.25, -0.2) is 4.79 Å². The van der Waals surface area contributed by atoms with Crippen LogP contribution in [0.4, 0.5) is 4.79 Å². The molecule has 64 valence electrons. The van der Waals surface area contributed by atoms with Gasteiger partial charge in [0, 0.05) is 6.42 Å². The van der Waals surface area contributed by atoms with Crippen LogP contribution in [0.5, 0.6) is 0 Å². The van der Waals surface area contributed by atoms with Gasteiger partial charge in [0.15, 0.2) is 0 Å². The summed E-state index contributed by atoms with van der Waals surface area (Å²) in [5.74, 6) is -1.17. The monoisotopic (exact) mass is 163 g/mol. The summed E-state index contributed by atoms with van der Waals surface area (Å²) >= 11 is 0. The molecule has 0 radical (unpaired) electrons. The summed E-state index contributed by atoms with van der Waals surface area (Å²) in [4.78, 5) is 19.8. The fourth-order valence-corrected chi connectivity index (χ4v) is 0.397. The Morgan fingerprint density at radius 3 is 2.36 bits per heavy atom. The fraction of sp³-hybridized carbons (Fsp3) is 0.600. The molecule has 0 fully saturated rings. The van der Waals surface area contributed by atoms with E-state index >= 15 is 0 Å². The molecule has 6 nitrogen and oxygen atoms in total. The molecule has 6 heteroatoms. The van der Waals surface area contributed by atoms with E-state index in [0.29, 0.717) is 0 Å². The molecule has 0 aliphatic carbocycles. The number of carboxylic acid groups (broad SMARTS) is 2. The van der Waals surface area contributed by atoms with Crippen molar-refractivity contribution >= 4 is 12.1 Å². The summed E-state index contributed by atoms with van der Waals surface area (Å²) in [6, 6.07) is -1.06. The van der Waals surface area contributed by atoms with Crippen molar-refractivity contribution in [1.29, 1.82) is 0 Å². The van der Waals surface area contributed by atoms with Crippen molar-refractivity contribution in [3.05, 3.63) is 0 Å². The fourth-order valence-electron chi connectivity index (χ4n) is 0.397. The van der Waals surface area contributed by atoms with Gasteiger partial charge in [0.25, 0.3) is 0 Å². The van der Waals surface area contributed by atoms with Crippen LogP contribution < -0.4 is 5.73 Å². The normalized spacial score (nSPS) is 12.1. The maximum atomic E-state index is 10.0. The average Bonchev–Trinajstić information content (AvgIpc) is 1.86. The lowest BCUT2D eigenvalue weighted by Crippen LogP contribution is -2.31. The Morgan fingerprint density at radius 2 is 2.00 bits per heavy atom. The zero-order valence-corrected chi connectivity index (χ0v) is 5.69. The van der Waals surface area contributed by atoms with Gasteiger partial charge in [-0.05, 0) is 0 Å². The summed E-state index contributed by atoms with van der Waals surface area (Å²) in [5.41, 5.74) is 5.03. The first-order valence-corrected chi connectivity index (χ1v) is 2.88. The highest BCUT2D eigenvalue weighted by Crippen LogP contribution is 1.89. The SMILES string of the molecule is N[C@@H](CCOC(=O)O)C(=O)O. The molecule has 11 heavy (non-hydrogen) atoms. The van der Waals surface area contributed by atoms with Crippen molar-refractivity contribution in [2.75, 3.05) is 6.61 Å². The minimum Gasteiger partial charge on any atom is -0.480 e. The van der Waals surface area contributed by atoms with Crippen LogP contribution in [0.1, 0.15) is 6.42 Å². The maximum absolute atomic E-state index is 10.0. The predicted molar refractivity (Wildman–Crippen MR) is 34.2 cm³/mol. The van der Waals surface area contributed by atoms with Gasteiger partial charge in [-0.3, -0.25) is 4.79 Å². The van der Waals surface area contributed by atoms with Gasteiger partial charge in [-0.1, -0.05) is 0 Å². The van der Waals surface area contributed by atoms with Crippen molar-refractivity contribution < 1.29 is 24.5 Å². The number of carbonyl (C=O) groups is 2. The van der Waals surface area contributed by atoms with E-state index in [1.54, 1.807) is 0 Å². The van der Waals surface area contributed by atoms with Crippen LogP contribution in [0, 0.1) is 0 Å². The molecule has 4 N–H and O–H groups in total. The maximum Gasteiger partial charge on any atom is 0.505 e. The second-order valence-corrected chi connectivity index (χ2v) is 1.85. The van der Waals surface area contributed by atoms with E-state index in [1.165, 1.54) is 0 Å². The molecule has 0 saturated heterocycles. The average molecular weight is 163 g/mol. The van der Waals surface area contributed by atoms with Crippen LogP contribution >= 0.6 is 0 Å². The lowest BCUT2D eigenvalue weighted by molar-refractivity contribution is -0.138. The van der Waals surface area contributed by atoms with Crippen LogP contribution in [-0.2, 0) is 9.53 Å². The molecule has 0 aromatic heterocycles. The zero-order chi connectivity index (χ0) is 8.85. The Labute approximate surface area is 62.6 Å². The molecule has 0 aliphatic heterocycles. The van der Waals surface area contributed by atoms with Crippen molar-refractivity contribution in [1.82, 2.24) is 0 Å². The van der Waals surface area contributed by atoms with Crippen LogP contribution in [0.25, 0.3) is 0 Å². The van der Waals surface area contributed by atoms with Gasteiger partial charge in [0.1, 0.15) is 6.04 Å². The molecule has 1 atom stereocenters. The molecule has 0 bridgehead atoms. The molecule has 0 heterocycles. The van der Waals surface area contributed by atoms with E-state index in [-0.39, 0.29) is 13.0 Å². The van der Waals surface area contributed by atoms with Crippen LogP contribution in [0.15, 0.2) is 0 Å². The molecule has 0 aromatic rings. The molecule has 0 aromatic carbocycles. The summed E-state index contributed by atoms with van der Waals surface area (Å²) in [7, 11) is 0. The van der Waals surface area contributed by atoms with E-state index < -0.39 is 18.2 Å². The Morgan fingerprint density at radius 1 is 1.45 bits per heavy atom. The highest BCUT2D eigenvalue weighted by molar-refractivity contribution is 5.73. The van der Waals surface area contributed by atoms with E-state index in [4.69, 9.17) is 15.9 Å². The molecule has 0 unspecified atom stereocenters. The lowest BCUT2D eigenvalue weighted by Gasteiger charge is -2.04. The number of rotatable bonds is 4. The number of hydrogen-bond acceptors (Lipinski definition) is 4. The van der Waals surface area contributed by atoms with E-state index in [1.807, 2.05) is 0 Å². The highest BCUT2D eigenvalue weighted by Gasteiger charge is 2.11. The minimum absolute atomic E-state index is 0.0123. The Balaban J connectivity index is 3.39. The van der Waals surface area contributed by atoms with E-state index in [0.717, 1.165) is 0 Å². The number of carboxylic acids is 1. The largest absolute Gasteiger partial charge is 0.505 e. The zero-order valence-electron chi connectivity index (χ0n) is 5.69.